The van der Waals surface area contributed by atoms with E-state index in [2.05, 4.69) is 9.97 Å². The fraction of sp³-hybridized carbons (Fsp3) is 0.136. The molecule has 0 unspecified atom stereocenters. The van der Waals surface area contributed by atoms with E-state index in [4.69, 9.17) is 4.74 Å². The zero-order valence-electron chi connectivity index (χ0n) is 15.7. The number of anilines is 1. The number of carbonyl (C=O) groups excluding carboxylic acids is 1. The van der Waals surface area contributed by atoms with E-state index >= 15 is 0 Å². The van der Waals surface area contributed by atoms with Crippen molar-refractivity contribution in [2.75, 3.05) is 11.5 Å². The van der Waals surface area contributed by atoms with E-state index in [9.17, 15) is 9.18 Å². The summed E-state index contributed by atoms with van der Waals surface area (Å²) in [6.07, 6.45) is 3.37. The number of hydrogen-bond acceptors (Lipinski definition) is 5. The van der Waals surface area contributed by atoms with Crippen molar-refractivity contribution in [3.05, 3.63) is 83.9 Å². The highest BCUT2D eigenvalue weighted by Crippen LogP contribution is 2.35. The van der Waals surface area contributed by atoms with Gasteiger partial charge in [-0.15, -0.1) is 0 Å². The Morgan fingerprint density at radius 1 is 1.17 bits per heavy atom. The van der Waals surface area contributed by atoms with Crippen LogP contribution < -0.4 is 9.64 Å². The molecule has 1 amide bonds. The number of nitrogens with zero attached hydrogens (tertiary/aromatic N) is 3. The second-order valence-corrected chi connectivity index (χ2v) is 7.30. The van der Waals surface area contributed by atoms with E-state index in [1.54, 1.807) is 23.4 Å². The fourth-order valence-electron chi connectivity index (χ4n) is 2.98. The van der Waals surface area contributed by atoms with Crippen LogP contribution >= 0.6 is 11.3 Å². The van der Waals surface area contributed by atoms with Gasteiger partial charge in [0.1, 0.15) is 17.1 Å². The summed E-state index contributed by atoms with van der Waals surface area (Å²) in [5, 5.41) is 0.519. The molecule has 0 aliphatic heterocycles. The number of para-hydroxylation sites is 1. The van der Waals surface area contributed by atoms with Gasteiger partial charge in [-0.05, 0) is 48.9 Å². The van der Waals surface area contributed by atoms with Crippen LogP contribution in [0.15, 0.2) is 67.0 Å². The van der Waals surface area contributed by atoms with Crippen LogP contribution in [-0.4, -0.2) is 22.5 Å². The van der Waals surface area contributed by atoms with Gasteiger partial charge < -0.3 is 4.74 Å². The highest BCUT2D eigenvalue weighted by atomic mass is 32.1. The maximum Gasteiger partial charge on any atom is 0.260 e. The fourth-order valence-corrected chi connectivity index (χ4v) is 3.96. The highest BCUT2D eigenvalue weighted by Gasteiger charge is 2.23. The Kier molecular flexibility index (Phi) is 5.48. The summed E-state index contributed by atoms with van der Waals surface area (Å²) in [5.41, 5.74) is 1.82. The Labute approximate surface area is 171 Å². The maximum atomic E-state index is 13.7. The molecule has 0 aliphatic rings. The number of carbonyl (C=O) groups is 1. The van der Waals surface area contributed by atoms with Gasteiger partial charge in [-0.25, -0.2) is 9.37 Å². The lowest BCUT2D eigenvalue weighted by atomic mass is 10.2. The van der Waals surface area contributed by atoms with Crippen LogP contribution in [0.5, 0.6) is 5.75 Å². The van der Waals surface area contributed by atoms with Crippen LogP contribution in [-0.2, 0) is 6.54 Å². The average molecular weight is 407 g/mol. The predicted octanol–water partition coefficient (Wildman–Crippen LogP) is 5.08. The first kappa shape index (κ1) is 19.0. The Balaban J connectivity index is 1.78. The summed E-state index contributed by atoms with van der Waals surface area (Å²) in [7, 11) is 0. The molecule has 0 fully saturated rings. The van der Waals surface area contributed by atoms with Gasteiger partial charge in [-0.2, -0.15) is 0 Å². The summed E-state index contributed by atoms with van der Waals surface area (Å²) in [4.78, 5) is 23.6. The first-order valence-corrected chi connectivity index (χ1v) is 9.96. The highest BCUT2D eigenvalue weighted by molar-refractivity contribution is 7.22. The number of halogens is 1. The monoisotopic (exact) mass is 407 g/mol. The largest absolute Gasteiger partial charge is 0.492 e. The van der Waals surface area contributed by atoms with Crippen LogP contribution in [0.25, 0.3) is 10.2 Å². The molecule has 146 valence electrons. The molecule has 29 heavy (non-hydrogen) atoms. The first-order chi connectivity index (χ1) is 14.2. The molecule has 0 atom stereocenters. The van der Waals surface area contributed by atoms with E-state index in [0.717, 1.165) is 10.3 Å². The van der Waals surface area contributed by atoms with Crippen molar-refractivity contribution in [1.82, 2.24) is 9.97 Å². The molecule has 0 N–H and O–H groups in total. The minimum absolute atomic E-state index is 0.262. The minimum Gasteiger partial charge on any atom is -0.492 e. The topological polar surface area (TPSA) is 55.3 Å². The van der Waals surface area contributed by atoms with E-state index in [1.807, 2.05) is 37.3 Å². The van der Waals surface area contributed by atoms with E-state index in [1.165, 1.54) is 29.5 Å². The number of aromatic nitrogens is 2. The van der Waals surface area contributed by atoms with Crippen LogP contribution in [0.1, 0.15) is 22.8 Å². The van der Waals surface area contributed by atoms with E-state index in [-0.39, 0.29) is 18.0 Å². The molecule has 7 heteroatoms. The third-order valence-electron chi connectivity index (χ3n) is 4.28. The summed E-state index contributed by atoms with van der Waals surface area (Å²) in [5.74, 6) is -0.113. The number of pyridine rings is 1. The number of ether oxygens (including phenoxy) is 1. The molecular weight excluding hydrogens is 389 g/mol. The Bertz CT molecular complexity index is 1150. The van der Waals surface area contributed by atoms with Crippen molar-refractivity contribution in [2.24, 2.45) is 0 Å². The maximum absolute atomic E-state index is 13.7. The lowest BCUT2D eigenvalue weighted by Crippen LogP contribution is -2.30. The van der Waals surface area contributed by atoms with Gasteiger partial charge in [0.25, 0.3) is 5.91 Å². The molecule has 4 aromatic rings. The van der Waals surface area contributed by atoms with Crippen LogP contribution in [0.4, 0.5) is 9.52 Å². The van der Waals surface area contributed by atoms with Gasteiger partial charge in [0.15, 0.2) is 5.13 Å². The zero-order valence-corrected chi connectivity index (χ0v) is 16.5. The van der Waals surface area contributed by atoms with Gasteiger partial charge in [0, 0.05) is 18.0 Å². The van der Waals surface area contributed by atoms with Gasteiger partial charge in [-0.1, -0.05) is 29.5 Å². The molecule has 0 saturated heterocycles. The molecule has 4 rings (SSSR count). The first-order valence-electron chi connectivity index (χ1n) is 9.14. The molecule has 5 nitrogen and oxygen atoms in total. The predicted molar refractivity (Wildman–Crippen MR) is 112 cm³/mol. The standard InChI is InChI=1S/C22H18FN3O2S/c1-2-28-18-9-4-10-19-20(18)25-22(29-19)26(14-15-6-5-11-24-13-15)21(27)16-7-3-8-17(23)12-16/h3-13H,2,14H2,1H3. The molecule has 0 aliphatic carbocycles. The molecule has 0 bridgehead atoms. The quantitative estimate of drug-likeness (QED) is 0.447. The van der Waals surface area contributed by atoms with Crippen molar-refractivity contribution >= 4 is 32.6 Å². The van der Waals surface area contributed by atoms with Gasteiger partial charge in [0.2, 0.25) is 0 Å². The third-order valence-corrected chi connectivity index (χ3v) is 5.33. The molecule has 2 aromatic carbocycles. The lowest BCUT2D eigenvalue weighted by Gasteiger charge is -2.20. The molecular formula is C22H18FN3O2S. The Morgan fingerprint density at radius 3 is 2.79 bits per heavy atom. The van der Waals surface area contributed by atoms with Crippen LogP contribution in [0, 0.1) is 5.82 Å². The smallest absolute Gasteiger partial charge is 0.260 e. The van der Waals surface area contributed by atoms with E-state index in [0.29, 0.717) is 23.0 Å². The number of amides is 1. The molecule has 2 aromatic heterocycles. The number of thiazole rings is 1. The summed E-state index contributed by atoms with van der Waals surface area (Å²) in [6, 6.07) is 15.1. The summed E-state index contributed by atoms with van der Waals surface area (Å²) < 4.78 is 20.3. The summed E-state index contributed by atoms with van der Waals surface area (Å²) in [6.45, 7) is 2.70. The molecule has 0 spiro atoms. The van der Waals surface area contributed by atoms with Crippen molar-refractivity contribution in [3.8, 4) is 5.75 Å². The number of hydrogen-bond donors (Lipinski definition) is 0. The van der Waals surface area contributed by atoms with Gasteiger partial charge >= 0.3 is 0 Å². The zero-order chi connectivity index (χ0) is 20.2. The molecule has 2 heterocycles. The molecule has 0 saturated carbocycles. The normalized spacial score (nSPS) is 10.8. The third kappa shape index (κ3) is 4.09. The Morgan fingerprint density at radius 2 is 2.03 bits per heavy atom. The number of rotatable bonds is 6. The van der Waals surface area contributed by atoms with Crippen molar-refractivity contribution in [1.29, 1.82) is 0 Å². The number of fused-ring (bicyclic) bond motifs is 1. The van der Waals surface area contributed by atoms with Crippen LogP contribution in [0.3, 0.4) is 0 Å². The van der Waals surface area contributed by atoms with Crippen molar-refractivity contribution in [2.45, 2.75) is 13.5 Å². The van der Waals surface area contributed by atoms with Crippen molar-refractivity contribution in [3.63, 3.8) is 0 Å². The lowest BCUT2D eigenvalue weighted by molar-refractivity contribution is 0.0984. The van der Waals surface area contributed by atoms with Gasteiger partial charge in [-0.3, -0.25) is 14.7 Å². The second-order valence-electron chi connectivity index (χ2n) is 6.30. The Hall–Kier alpha value is -3.32. The second kappa shape index (κ2) is 8.36. The van der Waals surface area contributed by atoms with Gasteiger partial charge in [0.05, 0.1) is 17.9 Å². The van der Waals surface area contributed by atoms with E-state index < -0.39 is 5.82 Å². The van der Waals surface area contributed by atoms with Crippen LogP contribution in [0.2, 0.25) is 0 Å². The van der Waals surface area contributed by atoms with Crippen molar-refractivity contribution < 1.29 is 13.9 Å². The summed E-state index contributed by atoms with van der Waals surface area (Å²) >= 11 is 1.39. The number of benzene rings is 2. The SMILES string of the molecule is CCOc1cccc2sc(N(Cc3cccnc3)C(=O)c3cccc(F)c3)nc12. The molecule has 0 radical (unpaired) electrons. The minimum atomic E-state index is -0.458. The average Bonchev–Trinajstić information content (AvgIpc) is 3.17.